The van der Waals surface area contributed by atoms with Crippen LogP contribution >= 0.6 is 0 Å². The Balaban J connectivity index is 2.19. The third-order valence-electron chi connectivity index (χ3n) is 3.81. The normalized spacial score (nSPS) is 24.2. The Kier molecular flexibility index (Phi) is 3.82. The van der Waals surface area contributed by atoms with Crippen molar-refractivity contribution in [3.05, 3.63) is 34.6 Å². The summed E-state index contributed by atoms with van der Waals surface area (Å²) in [5.74, 6) is 0.393. The van der Waals surface area contributed by atoms with Crippen molar-refractivity contribution < 1.29 is 4.39 Å². The third kappa shape index (κ3) is 2.68. The first-order valence-corrected chi connectivity index (χ1v) is 6.61. The van der Waals surface area contributed by atoms with E-state index in [-0.39, 0.29) is 5.82 Å². The highest BCUT2D eigenvalue weighted by Crippen LogP contribution is 2.37. The lowest BCUT2D eigenvalue weighted by atomic mass is 9.91. The zero-order chi connectivity index (χ0) is 12.4. The minimum Gasteiger partial charge on any atom is -0.314 e. The van der Waals surface area contributed by atoms with E-state index in [9.17, 15) is 4.39 Å². The van der Waals surface area contributed by atoms with Crippen LogP contribution in [0.1, 0.15) is 48.8 Å². The number of aryl methyl sites for hydroxylation is 2. The fraction of sp³-hybridized carbons (Fsp3) is 0.600. The number of benzene rings is 1. The van der Waals surface area contributed by atoms with Gasteiger partial charge >= 0.3 is 0 Å². The largest absolute Gasteiger partial charge is 0.314 e. The standard InChI is InChI=1S/C15H22FN/c1-4-17-13-6-5-12(9-13)15-11(3)7-10(2)8-14(15)16/h7-8,12-13,17H,4-6,9H2,1-3H3. The predicted molar refractivity (Wildman–Crippen MR) is 69.9 cm³/mol. The van der Waals surface area contributed by atoms with Gasteiger partial charge in [0, 0.05) is 6.04 Å². The Labute approximate surface area is 103 Å². The number of nitrogens with one attached hydrogen (secondary N) is 1. The third-order valence-corrected chi connectivity index (χ3v) is 3.81. The summed E-state index contributed by atoms with van der Waals surface area (Å²) in [5.41, 5.74) is 3.09. The molecule has 2 rings (SSSR count). The van der Waals surface area contributed by atoms with Gasteiger partial charge in [-0.1, -0.05) is 13.0 Å². The van der Waals surface area contributed by atoms with E-state index in [0.717, 1.165) is 36.1 Å². The maximum absolute atomic E-state index is 14.1. The first kappa shape index (κ1) is 12.6. The molecular formula is C15H22FN. The molecule has 1 aromatic rings. The van der Waals surface area contributed by atoms with Crippen LogP contribution in [0.25, 0.3) is 0 Å². The molecule has 0 aliphatic heterocycles. The highest BCUT2D eigenvalue weighted by Gasteiger charge is 2.28. The minimum absolute atomic E-state index is 0.00958. The van der Waals surface area contributed by atoms with Gasteiger partial charge in [-0.2, -0.15) is 0 Å². The summed E-state index contributed by atoms with van der Waals surface area (Å²) in [5, 5.41) is 3.47. The molecule has 0 aromatic heterocycles. The van der Waals surface area contributed by atoms with Gasteiger partial charge in [-0.25, -0.2) is 4.39 Å². The molecule has 2 heteroatoms. The molecule has 0 amide bonds. The Bertz CT molecular complexity index is 377. The highest BCUT2D eigenvalue weighted by molar-refractivity contribution is 5.35. The Morgan fingerprint density at radius 1 is 1.29 bits per heavy atom. The predicted octanol–water partition coefficient (Wildman–Crippen LogP) is 3.69. The summed E-state index contributed by atoms with van der Waals surface area (Å²) in [6, 6.07) is 4.34. The number of hydrogen-bond donors (Lipinski definition) is 1. The quantitative estimate of drug-likeness (QED) is 0.842. The van der Waals surface area contributed by atoms with E-state index < -0.39 is 0 Å². The smallest absolute Gasteiger partial charge is 0.127 e. The molecular weight excluding hydrogens is 213 g/mol. The number of rotatable bonds is 3. The van der Waals surface area contributed by atoms with Crippen LogP contribution in [0, 0.1) is 19.7 Å². The average Bonchev–Trinajstić information content (AvgIpc) is 2.65. The van der Waals surface area contributed by atoms with Gasteiger partial charge in [-0.05, 0) is 68.3 Å². The molecule has 1 N–H and O–H groups in total. The van der Waals surface area contributed by atoms with Gasteiger partial charge in [0.05, 0.1) is 0 Å². The second kappa shape index (κ2) is 5.18. The molecule has 2 unspecified atom stereocenters. The van der Waals surface area contributed by atoms with E-state index in [1.165, 1.54) is 6.42 Å². The summed E-state index contributed by atoms with van der Waals surface area (Å²) in [6.07, 6.45) is 3.36. The van der Waals surface area contributed by atoms with Gasteiger partial charge in [-0.3, -0.25) is 0 Å². The second-order valence-corrected chi connectivity index (χ2v) is 5.24. The summed E-state index contributed by atoms with van der Waals surface area (Å²) in [6.45, 7) is 7.12. The Morgan fingerprint density at radius 3 is 2.71 bits per heavy atom. The number of halogens is 1. The van der Waals surface area contributed by atoms with Crippen molar-refractivity contribution in [3.8, 4) is 0 Å². The lowest BCUT2D eigenvalue weighted by Gasteiger charge is -2.16. The minimum atomic E-state index is -0.00958. The first-order chi connectivity index (χ1) is 8.11. The summed E-state index contributed by atoms with van der Waals surface area (Å²) >= 11 is 0. The summed E-state index contributed by atoms with van der Waals surface area (Å²) < 4.78 is 14.1. The molecule has 0 radical (unpaired) electrons. The van der Waals surface area contributed by atoms with Gasteiger partial charge in [0.25, 0.3) is 0 Å². The summed E-state index contributed by atoms with van der Waals surface area (Å²) in [4.78, 5) is 0. The lowest BCUT2D eigenvalue weighted by molar-refractivity contribution is 0.526. The highest BCUT2D eigenvalue weighted by atomic mass is 19.1. The van der Waals surface area contributed by atoms with E-state index in [2.05, 4.69) is 18.3 Å². The zero-order valence-electron chi connectivity index (χ0n) is 11.0. The first-order valence-electron chi connectivity index (χ1n) is 6.61. The van der Waals surface area contributed by atoms with Crippen LogP contribution in [0.3, 0.4) is 0 Å². The molecule has 17 heavy (non-hydrogen) atoms. The molecule has 0 heterocycles. The topological polar surface area (TPSA) is 12.0 Å². The van der Waals surface area contributed by atoms with Crippen molar-refractivity contribution in [1.29, 1.82) is 0 Å². The van der Waals surface area contributed by atoms with Crippen LogP contribution < -0.4 is 5.32 Å². The molecule has 1 saturated carbocycles. The molecule has 0 saturated heterocycles. The monoisotopic (exact) mass is 235 g/mol. The fourth-order valence-electron chi connectivity index (χ4n) is 3.16. The number of hydrogen-bond acceptors (Lipinski definition) is 1. The second-order valence-electron chi connectivity index (χ2n) is 5.24. The van der Waals surface area contributed by atoms with Crippen molar-refractivity contribution >= 4 is 0 Å². The van der Waals surface area contributed by atoms with E-state index in [0.29, 0.717) is 12.0 Å². The lowest BCUT2D eigenvalue weighted by Crippen LogP contribution is -2.25. The van der Waals surface area contributed by atoms with Crippen LogP contribution in [-0.2, 0) is 0 Å². The zero-order valence-corrected chi connectivity index (χ0v) is 11.0. The SMILES string of the molecule is CCNC1CCC(c2c(C)cc(C)cc2F)C1. The molecule has 0 spiro atoms. The fourth-order valence-corrected chi connectivity index (χ4v) is 3.16. The van der Waals surface area contributed by atoms with Crippen LogP contribution in [0.5, 0.6) is 0 Å². The van der Waals surface area contributed by atoms with E-state index in [1.807, 2.05) is 13.8 Å². The molecule has 1 aromatic carbocycles. The van der Waals surface area contributed by atoms with Gasteiger partial charge < -0.3 is 5.32 Å². The van der Waals surface area contributed by atoms with E-state index >= 15 is 0 Å². The summed E-state index contributed by atoms with van der Waals surface area (Å²) in [7, 11) is 0. The van der Waals surface area contributed by atoms with Gasteiger partial charge in [0.15, 0.2) is 0 Å². The molecule has 2 atom stereocenters. The molecule has 1 aliphatic rings. The van der Waals surface area contributed by atoms with Crippen molar-refractivity contribution in [3.63, 3.8) is 0 Å². The van der Waals surface area contributed by atoms with Crippen LogP contribution in [0.2, 0.25) is 0 Å². The van der Waals surface area contributed by atoms with Gasteiger partial charge in [0.1, 0.15) is 5.82 Å². The maximum Gasteiger partial charge on any atom is 0.127 e. The maximum atomic E-state index is 14.1. The van der Waals surface area contributed by atoms with Crippen molar-refractivity contribution in [2.24, 2.45) is 0 Å². The molecule has 1 aliphatic carbocycles. The van der Waals surface area contributed by atoms with Gasteiger partial charge in [-0.15, -0.1) is 0 Å². The van der Waals surface area contributed by atoms with Crippen molar-refractivity contribution in [1.82, 2.24) is 5.32 Å². The Morgan fingerprint density at radius 2 is 2.06 bits per heavy atom. The Hall–Kier alpha value is -0.890. The molecule has 1 nitrogen and oxygen atoms in total. The van der Waals surface area contributed by atoms with Gasteiger partial charge in [0.2, 0.25) is 0 Å². The molecule has 94 valence electrons. The average molecular weight is 235 g/mol. The van der Waals surface area contributed by atoms with E-state index in [1.54, 1.807) is 6.07 Å². The molecule has 0 bridgehead atoms. The van der Waals surface area contributed by atoms with Crippen molar-refractivity contribution in [2.75, 3.05) is 6.54 Å². The van der Waals surface area contributed by atoms with Crippen LogP contribution in [-0.4, -0.2) is 12.6 Å². The van der Waals surface area contributed by atoms with Crippen molar-refractivity contribution in [2.45, 2.75) is 52.0 Å². The van der Waals surface area contributed by atoms with E-state index in [4.69, 9.17) is 0 Å². The van der Waals surface area contributed by atoms with Crippen LogP contribution in [0.4, 0.5) is 4.39 Å². The molecule has 1 fully saturated rings. The van der Waals surface area contributed by atoms with Crippen LogP contribution in [0.15, 0.2) is 12.1 Å².